The molecule has 1 aromatic heterocycles. The molecule has 0 radical (unpaired) electrons. The van der Waals surface area contributed by atoms with Crippen LogP contribution < -0.4 is 9.47 Å². The molecule has 1 heterocycles. The zero-order chi connectivity index (χ0) is 13.6. The average Bonchev–Trinajstić information content (AvgIpc) is 2.28. The summed E-state index contributed by atoms with van der Waals surface area (Å²) < 4.78 is 11.1. The normalized spacial score (nSPS) is 12.3. The van der Waals surface area contributed by atoms with Gasteiger partial charge in [-0.1, -0.05) is 26.7 Å². The molecule has 1 unspecified atom stereocenters. The van der Waals surface area contributed by atoms with Gasteiger partial charge in [0.1, 0.15) is 12.4 Å². The number of hydrogen-bond donors (Lipinski definition) is 0. The average molecular weight is 248 g/mol. The Morgan fingerprint density at radius 3 is 2.56 bits per heavy atom. The highest BCUT2D eigenvalue weighted by Gasteiger charge is 2.22. The smallest absolute Gasteiger partial charge is 0.221 e. The summed E-state index contributed by atoms with van der Waals surface area (Å²) in [7, 11) is 0. The van der Waals surface area contributed by atoms with E-state index in [4.69, 9.17) is 9.47 Å². The summed E-state index contributed by atoms with van der Waals surface area (Å²) in [5.74, 6) is 6.56. The van der Waals surface area contributed by atoms with Gasteiger partial charge in [0, 0.05) is 0 Å². The predicted octanol–water partition coefficient (Wildman–Crippen LogP) is 2.69. The second kappa shape index (κ2) is 6.25. The van der Waals surface area contributed by atoms with Gasteiger partial charge in [0.15, 0.2) is 6.61 Å². The number of hydrogen-bond acceptors (Lipinski definition) is 4. The third-order valence-electron chi connectivity index (χ3n) is 2.60. The first-order valence-corrected chi connectivity index (χ1v) is 5.94. The van der Waals surface area contributed by atoms with E-state index in [1.54, 1.807) is 13.0 Å². The van der Waals surface area contributed by atoms with Crippen molar-refractivity contribution in [1.82, 2.24) is 9.97 Å². The Kier molecular flexibility index (Phi) is 4.96. The van der Waals surface area contributed by atoms with E-state index in [9.17, 15) is 0 Å². The Balaban J connectivity index is 2.66. The molecule has 0 aromatic carbocycles. The molecule has 4 heteroatoms. The fourth-order valence-electron chi connectivity index (χ4n) is 1.01. The second-order valence-corrected chi connectivity index (χ2v) is 5.04. The van der Waals surface area contributed by atoms with E-state index in [-0.39, 0.29) is 11.5 Å². The van der Waals surface area contributed by atoms with Crippen molar-refractivity contribution in [3.8, 4) is 23.6 Å². The van der Waals surface area contributed by atoms with Crippen LogP contribution >= 0.6 is 0 Å². The van der Waals surface area contributed by atoms with Gasteiger partial charge >= 0.3 is 0 Å². The van der Waals surface area contributed by atoms with Crippen LogP contribution in [0.3, 0.4) is 0 Å². The molecule has 98 valence electrons. The molecule has 0 spiro atoms. The lowest BCUT2D eigenvalue weighted by atomic mass is 9.90. The maximum absolute atomic E-state index is 5.76. The van der Waals surface area contributed by atoms with E-state index in [1.807, 2.05) is 6.92 Å². The Morgan fingerprint density at radius 2 is 1.94 bits per heavy atom. The lowest BCUT2D eigenvalue weighted by Gasteiger charge is -2.27. The van der Waals surface area contributed by atoms with Crippen molar-refractivity contribution >= 4 is 0 Å². The van der Waals surface area contributed by atoms with E-state index in [0.29, 0.717) is 18.4 Å². The maximum atomic E-state index is 5.76. The van der Waals surface area contributed by atoms with Gasteiger partial charge in [-0.2, -0.15) is 0 Å². The highest BCUT2D eigenvalue weighted by atomic mass is 16.5. The van der Waals surface area contributed by atoms with Crippen molar-refractivity contribution in [2.75, 3.05) is 6.61 Å². The van der Waals surface area contributed by atoms with Crippen LogP contribution in [0.5, 0.6) is 11.8 Å². The molecule has 0 aliphatic rings. The fraction of sp³-hybridized carbons (Fsp3) is 0.571. The van der Waals surface area contributed by atoms with Crippen LogP contribution in [-0.2, 0) is 0 Å². The van der Waals surface area contributed by atoms with Crippen molar-refractivity contribution in [3.63, 3.8) is 0 Å². The maximum Gasteiger partial charge on any atom is 0.221 e. The van der Waals surface area contributed by atoms with Gasteiger partial charge in [0.05, 0.1) is 6.07 Å². The van der Waals surface area contributed by atoms with Crippen LogP contribution in [-0.4, -0.2) is 22.7 Å². The van der Waals surface area contributed by atoms with E-state index < -0.39 is 0 Å². The summed E-state index contributed by atoms with van der Waals surface area (Å²) in [6, 6.07) is 1.68. The van der Waals surface area contributed by atoms with Crippen molar-refractivity contribution < 1.29 is 9.47 Å². The van der Waals surface area contributed by atoms with Crippen molar-refractivity contribution in [3.05, 3.63) is 12.4 Å². The van der Waals surface area contributed by atoms with E-state index >= 15 is 0 Å². The van der Waals surface area contributed by atoms with Gasteiger partial charge in [-0.25, -0.2) is 9.97 Å². The first kappa shape index (κ1) is 14.3. The number of aromatic nitrogens is 2. The van der Waals surface area contributed by atoms with Crippen molar-refractivity contribution in [2.45, 2.75) is 40.7 Å². The number of nitrogens with zero attached hydrogens (tertiary/aromatic N) is 2. The van der Waals surface area contributed by atoms with Crippen LogP contribution in [0.1, 0.15) is 34.6 Å². The summed E-state index contributed by atoms with van der Waals surface area (Å²) in [5, 5.41) is 0. The van der Waals surface area contributed by atoms with E-state index in [1.165, 1.54) is 6.33 Å². The fourth-order valence-corrected chi connectivity index (χ4v) is 1.01. The quantitative estimate of drug-likeness (QED) is 0.768. The first-order valence-electron chi connectivity index (χ1n) is 5.94. The van der Waals surface area contributed by atoms with Crippen LogP contribution in [0.2, 0.25) is 0 Å². The molecule has 1 rings (SSSR count). The third-order valence-corrected chi connectivity index (χ3v) is 2.60. The molecule has 0 amide bonds. The Labute approximate surface area is 109 Å². The number of rotatable bonds is 4. The van der Waals surface area contributed by atoms with Crippen LogP contribution in [0.25, 0.3) is 0 Å². The zero-order valence-electron chi connectivity index (χ0n) is 11.7. The molecular formula is C14H20N2O2. The Hall–Kier alpha value is -1.76. The Morgan fingerprint density at radius 1 is 1.28 bits per heavy atom. The van der Waals surface area contributed by atoms with Gasteiger partial charge in [-0.05, 0) is 19.3 Å². The Bertz CT molecular complexity index is 441. The number of ether oxygens (including phenoxy) is 2. The monoisotopic (exact) mass is 248 g/mol. The summed E-state index contributed by atoms with van der Waals surface area (Å²) in [6.07, 6.45) is 1.48. The molecule has 0 aliphatic heterocycles. The van der Waals surface area contributed by atoms with Gasteiger partial charge in [-0.3, -0.25) is 0 Å². The molecule has 4 nitrogen and oxygen atoms in total. The third kappa shape index (κ3) is 4.62. The summed E-state index contributed by atoms with van der Waals surface area (Å²) in [6.45, 7) is 10.5. The summed E-state index contributed by atoms with van der Waals surface area (Å²) >= 11 is 0. The SMILES string of the molecule is CC#CCOc1cc(OC(C)C(C)(C)C)ncn1. The lowest BCUT2D eigenvalue weighted by molar-refractivity contribution is 0.0979. The van der Waals surface area contributed by atoms with Crippen molar-refractivity contribution in [1.29, 1.82) is 0 Å². The molecule has 0 N–H and O–H groups in total. The van der Waals surface area contributed by atoms with Crippen LogP contribution in [0, 0.1) is 17.3 Å². The van der Waals surface area contributed by atoms with Crippen molar-refractivity contribution in [2.24, 2.45) is 5.41 Å². The van der Waals surface area contributed by atoms with Gasteiger partial charge < -0.3 is 9.47 Å². The summed E-state index contributed by atoms with van der Waals surface area (Å²) in [4.78, 5) is 8.07. The van der Waals surface area contributed by atoms with Gasteiger partial charge in [-0.15, -0.1) is 5.92 Å². The standard InChI is InChI=1S/C14H20N2O2/c1-6-7-8-17-12-9-13(16-10-15-12)18-11(2)14(3,4)5/h9-11H,8H2,1-5H3. The minimum atomic E-state index is 0.0516. The zero-order valence-corrected chi connectivity index (χ0v) is 11.7. The second-order valence-electron chi connectivity index (χ2n) is 5.04. The molecule has 1 atom stereocenters. The minimum absolute atomic E-state index is 0.0516. The topological polar surface area (TPSA) is 44.2 Å². The molecule has 18 heavy (non-hydrogen) atoms. The van der Waals surface area contributed by atoms with E-state index in [2.05, 4.69) is 42.6 Å². The van der Waals surface area contributed by atoms with Crippen LogP contribution in [0.4, 0.5) is 0 Å². The lowest BCUT2D eigenvalue weighted by Crippen LogP contribution is -2.29. The molecule has 0 fully saturated rings. The molecule has 1 aromatic rings. The molecule has 0 saturated carbocycles. The van der Waals surface area contributed by atoms with Gasteiger partial charge in [0.2, 0.25) is 11.8 Å². The highest BCUT2D eigenvalue weighted by molar-refractivity contribution is 5.19. The molecular weight excluding hydrogens is 228 g/mol. The molecule has 0 saturated heterocycles. The minimum Gasteiger partial charge on any atom is -0.474 e. The highest BCUT2D eigenvalue weighted by Crippen LogP contribution is 2.24. The van der Waals surface area contributed by atoms with Gasteiger partial charge in [0.25, 0.3) is 0 Å². The van der Waals surface area contributed by atoms with E-state index in [0.717, 1.165) is 0 Å². The van der Waals surface area contributed by atoms with Crippen LogP contribution in [0.15, 0.2) is 12.4 Å². The first-order chi connectivity index (χ1) is 8.43. The molecule has 0 aliphatic carbocycles. The predicted molar refractivity (Wildman–Crippen MR) is 70.5 cm³/mol. The largest absolute Gasteiger partial charge is 0.474 e. The summed E-state index contributed by atoms with van der Waals surface area (Å²) in [5.41, 5.74) is 0.0552. The molecule has 0 bridgehead atoms.